The second-order valence-electron chi connectivity index (χ2n) is 4.69. The third kappa shape index (κ3) is 1.83. The van der Waals surface area contributed by atoms with Gasteiger partial charge in [0.25, 0.3) is 5.56 Å². The molecule has 0 bridgehead atoms. The van der Waals surface area contributed by atoms with E-state index in [1.807, 2.05) is 0 Å². The zero-order valence-electron chi connectivity index (χ0n) is 10.2. The molecule has 1 aromatic rings. The van der Waals surface area contributed by atoms with Crippen LogP contribution in [0.5, 0.6) is 0 Å². The Hall–Kier alpha value is -1.72. The van der Waals surface area contributed by atoms with Gasteiger partial charge < -0.3 is 11.1 Å². The molecule has 0 aromatic carbocycles. The first-order chi connectivity index (χ1) is 7.99. The van der Waals surface area contributed by atoms with Crippen LogP contribution in [0.15, 0.2) is 9.59 Å². The smallest absolute Gasteiger partial charge is 0.329 e. The van der Waals surface area contributed by atoms with E-state index in [0.717, 1.165) is 25.7 Å². The van der Waals surface area contributed by atoms with Crippen LogP contribution in [0.25, 0.3) is 0 Å². The molecule has 0 saturated heterocycles. The predicted molar refractivity (Wildman–Crippen MR) is 67.2 cm³/mol. The summed E-state index contributed by atoms with van der Waals surface area (Å²) in [7, 11) is 1.54. The number of nitrogen functional groups attached to an aromatic ring is 1. The summed E-state index contributed by atoms with van der Waals surface area (Å²) in [5.74, 6) is 0.193. The maximum absolute atomic E-state index is 11.7. The number of nitrogens with zero attached hydrogens (tertiary/aromatic N) is 1. The van der Waals surface area contributed by atoms with Crippen molar-refractivity contribution in [2.45, 2.75) is 38.1 Å². The first-order valence-electron chi connectivity index (χ1n) is 5.86. The highest BCUT2D eigenvalue weighted by Crippen LogP contribution is 2.37. The van der Waals surface area contributed by atoms with Crippen molar-refractivity contribution >= 4 is 11.5 Å². The van der Waals surface area contributed by atoms with Gasteiger partial charge in [0.15, 0.2) is 0 Å². The summed E-state index contributed by atoms with van der Waals surface area (Å²) in [5.41, 5.74) is 5.16. The average molecular weight is 238 g/mol. The highest BCUT2D eigenvalue weighted by atomic mass is 16.2. The van der Waals surface area contributed by atoms with Crippen molar-refractivity contribution in [3.05, 3.63) is 20.8 Å². The third-order valence-electron chi connectivity index (χ3n) is 3.75. The number of nitrogens with one attached hydrogen (secondary N) is 2. The molecule has 0 unspecified atom stereocenters. The summed E-state index contributed by atoms with van der Waals surface area (Å²) in [6.45, 7) is 2.08. The molecule has 1 saturated carbocycles. The summed E-state index contributed by atoms with van der Waals surface area (Å²) in [4.78, 5) is 25.3. The SMILES string of the molecule is CCC1(Nc2c(N)n(C)c(=O)[nH]c2=O)CCC1. The number of nitrogens with two attached hydrogens (primary N) is 1. The normalized spacial score (nSPS) is 17.5. The van der Waals surface area contributed by atoms with Crippen LogP contribution in [-0.2, 0) is 7.05 Å². The van der Waals surface area contributed by atoms with E-state index in [1.165, 1.54) is 11.6 Å². The van der Waals surface area contributed by atoms with E-state index in [1.54, 1.807) is 0 Å². The lowest BCUT2D eigenvalue weighted by atomic mass is 9.75. The zero-order chi connectivity index (χ0) is 12.6. The fourth-order valence-electron chi connectivity index (χ4n) is 2.19. The van der Waals surface area contributed by atoms with Gasteiger partial charge >= 0.3 is 5.69 Å². The van der Waals surface area contributed by atoms with E-state index in [2.05, 4.69) is 17.2 Å². The summed E-state index contributed by atoms with van der Waals surface area (Å²) < 4.78 is 1.24. The van der Waals surface area contributed by atoms with Crippen molar-refractivity contribution in [2.75, 3.05) is 11.1 Å². The molecule has 6 nitrogen and oxygen atoms in total. The number of hydrogen-bond acceptors (Lipinski definition) is 4. The van der Waals surface area contributed by atoms with Crippen molar-refractivity contribution < 1.29 is 0 Å². The molecule has 0 spiro atoms. The molecular weight excluding hydrogens is 220 g/mol. The lowest BCUT2D eigenvalue weighted by Gasteiger charge is -2.42. The Morgan fingerprint density at radius 3 is 2.59 bits per heavy atom. The van der Waals surface area contributed by atoms with E-state index in [0.29, 0.717) is 5.69 Å². The minimum atomic E-state index is -0.489. The van der Waals surface area contributed by atoms with Crippen molar-refractivity contribution in [2.24, 2.45) is 7.05 Å². The topological polar surface area (TPSA) is 92.9 Å². The molecule has 1 fully saturated rings. The zero-order valence-corrected chi connectivity index (χ0v) is 10.2. The Morgan fingerprint density at radius 1 is 1.47 bits per heavy atom. The minimum Gasteiger partial charge on any atom is -0.383 e. The molecule has 1 aliphatic rings. The van der Waals surface area contributed by atoms with Crippen LogP contribution in [0, 0.1) is 0 Å². The van der Waals surface area contributed by atoms with Gasteiger partial charge in [0.05, 0.1) is 0 Å². The summed E-state index contributed by atoms with van der Waals surface area (Å²) in [5, 5.41) is 3.22. The summed E-state index contributed by atoms with van der Waals surface area (Å²) >= 11 is 0. The van der Waals surface area contributed by atoms with Gasteiger partial charge in [-0.2, -0.15) is 0 Å². The first kappa shape index (κ1) is 11.8. The lowest BCUT2D eigenvalue weighted by molar-refractivity contribution is 0.269. The van der Waals surface area contributed by atoms with Crippen molar-refractivity contribution in [1.82, 2.24) is 9.55 Å². The van der Waals surface area contributed by atoms with E-state index >= 15 is 0 Å². The van der Waals surface area contributed by atoms with Crippen LogP contribution in [0.1, 0.15) is 32.6 Å². The van der Waals surface area contributed by atoms with Crippen LogP contribution >= 0.6 is 0 Å². The van der Waals surface area contributed by atoms with Gasteiger partial charge in [-0.3, -0.25) is 14.3 Å². The second kappa shape index (κ2) is 3.94. The number of rotatable bonds is 3. The van der Waals surface area contributed by atoms with E-state index < -0.39 is 11.2 Å². The Morgan fingerprint density at radius 2 is 2.12 bits per heavy atom. The Bertz CT molecular complexity index is 534. The monoisotopic (exact) mass is 238 g/mol. The molecule has 0 atom stereocenters. The standard InChI is InChI=1S/C11H18N4O2/c1-3-11(5-4-6-11)14-7-8(12)15(2)10(17)13-9(7)16/h14H,3-6,12H2,1-2H3,(H,13,16,17). The Balaban J connectivity index is 2.43. The average Bonchev–Trinajstić information content (AvgIpc) is 2.24. The van der Waals surface area contributed by atoms with Crippen LogP contribution in [-0.4, -0.2) is 15.1 Å². The molecule has 0 aliphatic heterocycles. The van der Waals surface area contributed by atoms with E-state index in [-0.39, 0.29) is 11.4 Å². The summed E-state index contributed by atoms with van der Waals surface area (Å²) in [6, 6.07) is 0. The molecule has 4 N–H and O–H groups in total. The molecule has 94 valence electrons. The van der Waals surface area contributed by atoms with Gasteiger partial charge in [0.1, 0.15) is 11.5 Å². The van der Waals surface area contributed by atoms with Crippen molar-refractivity contribution in [3.63, 3.8) is 0 Å². The maximum atomic E-state index is 11.7. The predicted octanol–water partition coefficient (Wildman–Crippen LogP) is 0.400. The molecule has 1 aliphatic carbocycles. The van der Waals surface area contributed by atoms with Gasteiger partial charge in [-0.25, -0.2) is 4.79 Å². The first-order valence-corrected chi connectivity index (χ1v) is 5.86. The molecule has 6 heteroatoms. The molecule has 0 radical (unpaired) electrons. The minimum absolute atomic E-state index is 0.0292. The van der Waals surface area contributed by atoms with Gasteiger partial charge in [-0.05, 0) is 25.7 Å². The van der Waals surface area contributed by atoms with E-state index in [9.17, 15) is 9.59 Å². The van der Waals surface area contributed by atoms with Gasteiger partial charge in [-0.15, -0.1) is 0 Å². The quantitative estimate of drug-likeness (QED) is 0.710. The number of aromatic nitrogens is 2. The highest BCUT2D eigenvalue weighted by molar-refractivity contribution is 5.61. The molecule has 1 aromatic heterocycles. The number of anilines is 2. The second-order valence-corrected chi connectivity index (χ2v) is 4.69. The fourth-order valence-corrected chi connectivity index (χ4v) is 2.19. The van der Waals surface area contributed by atoms with Gasteiger partial charge in [0, 0.05) is 12.6 Å². The third-order valence-corrected chi connectivity index (χ3v) is 3.75. The molecule has 1 heterocycles. The highest BCUT2D eigenvalue weighted by Gasteiger charge is 2.36. The molecular formula is C11H18N4O2. The number of hydrogen-bond donors (Lipinski definition) is 3. The maximum Gasteiger partial charge on any atom is 0.329 e. The van der Waals surface area contributed by atoms with Gasteiger partial charge in [0.2, 0.25) is 0 Å². The Labute approximate surface area is 98.8 Å². The fraction of sp³-hybridized carbons (Fsp3) is 0.636. The Kier molecular flexibility index (Phi) is 2.73. The summed E-state index contributed by atoms with van der Waals surface area (Å²) in [6.07, 6.45) is 4.16. The van der Waals surface area contributed by atoms with Crippen molar-refractivity contribution in [1.29, 1.82) is 0 Å². The number of H-pyrrole nitrogens is 1. The van der Waals surface area contributed by atoms with E-state index in [4.69, 9.17) is 5.73 Å². The van der Waals surface area contributed by atoms with Crippen LogP contribution in [0.2, 0.25) is 0 Å². The number of aromatic amines is 1. The van der Waals surface area contributed by atoms with Crippen LogP contribution < -0.4 is 22.3 Å². The lowest BCUT2D eigenvalue weighted by Crippen LogP contribution is -2.47. The van der Waals surface area contributed by atoms with Crippen molar-refractivity contribution in [3.8, 4) is 0 Å². The van der Waals surface area contributed by atoms with Crippen LogP contribution in [0.4, 0.5) is 11.5 Å². The molecule has 17 heavy (non-hydrogen) atoms. The molecule has 2 rings (SSSR count). The van der Waals surface area contributed by atoms with Gasteiger partial charge in [-0.1, -0.05) is 6.92 Å². The van der Waals surface area contributed by atoms with Crippen LogP contribution in [0.3, 0.4) is 0 Å². The molecule has 0 amide bonds. The largest absolute Gasteiger partial charge is 0.383 e.